The molecule has 0 amide bonds. The average Bonchev–Trinajstić information content (AvgIpc) is 2.91. The van der Waals surface area contributed by atoms with Crippen LogP contribution in [0.15, 0.2) is 48.0 Å². The number of carbonyl (C=O) groups is 2. The molecule has 0 fully saturated rings. The maximum atomic E-state index is 13.9. The first-order chi connectivity index (χ1) is 19.3. The lowest BCUT2D eigenvalue weighted by Gasteiger charge is -2.47. The van der Waals surface area contributed by atoms with Crippen molar-refractivity contribution in [2.75, 3.05) is 0 Å². The first kappa shape index (κ1) is 30.6. The number of carboxylic acids is 1. The van der Waals surface area contributed by atoms with Gasteiger partial charge < -0.3 is 25.8 Å². The number of ether oxygens (including phenoxy) is 1. The Kier molecular flexibility index (Phi) is 8.88. The number of aliphatic carboxylic acids is 1. The van der Waals surface area contributed by atoms with Crippen LogP contribution in [0.1, 0.15) is 108 Å². The van der Waals surface area contributed by atoms with Gasteiger partial charge in [0.15, 0.2) is 5.78 Å². The lowest BCUT2D eigenvalue weighted by Crippen LogP contribution is -2.46. The molecule has 4 rings (SSSR count). The summed E-state index contributed by atoms with van der Waals surface area (Å²) in [4.78, 5) is 25.8. The van der Waals surface area contributed by atoms with Gasteiger partial charge in [0, 0.05) is 17.4 Å². The van der Waals surface area contributed by atoms with E-state index in [1.807, 2.05) is 26.0 Å². The first-order valence-corrected chi connectivity index (χ1v) is 14.8. The summed E-state index contributed by atoms with van der Waals surface area (Å²) in [5.41, 5.74) is 8.06. The molecule has 0 aromatic heterocycles. The molecular formula is C34H45NO6. The van der Waals surface area contributed by atoms with Crippen LogP contribution in [0.25, 0.3) is 0 Å². The van der Waals surface area contributed by atoms with Gasteiger partial charge in [-0.05, 0) is 79.5 Å². The van der Waals surface area contributed by atoms with E-state index in [0.29, 0.717) is 35.3 Å². The summed E-state index contributed by atoms with van der Waals surface area (Å²) >= 11 is 0. The number of unbranched alkanes of at least 4 members (excludes halogenated alkanes) is 3. The number of aromatic hydroxyl groups is 2. The standard InChI is InChI=1S/C34H45NO6/c1-6-7-8-9-16-33(2,3)22-18-26(37)29-24-17-21(12-15-25(24)34(4,5)41-27(29)19-22)31(38)28(30(35)32(39)40)20-10-13-23(36)14-11-20/h10-14,18-19,24-25,28,30,36-37H,6-9,15-17,35H2,1-5H3,(H,39,40)/t24-,25-,28?,30-/m1/s1. The van der Waals surface area contributed by atoms with Gasteiger partial charge in [-0.2, -0.15) is 0 Å². The molecule has 5 N–H and O–H groups in total. The average molecular weight is 564 g/mol. The van der Waals surface area contributed by atoms with Crippen molar-refractivity contribution in [2.24, 2.45) is 11.7 Å². The third-order valence-corrected chi connectivity index (χ3v) is 9.23. The highest BCUT2D eigenvalue weighted by Crippen LogP contribution is 2.55. The van der Waals surface area contributed by atoms with Crippen molar-refractivity contribution in [3.05, 3.63) is 64.7 Å². The summed E-state index contributed by atoms with van der Waals surface area (Å²) in [5.74, 6) is -2.04. The number of rotatable bonds is 11. The normalized spacial score (nSPS) is 21.1. The highest BCUT2D eigenvalue weighted by atomic mass is 16.5. The number of Topliss-reactive ketones (excluding diaryl/α,β-unsaturated/α-hetero) is 1. The molecule has 1 unspecified atom stereocenters. The highest BCUT2D eigenvalue weighted by Gasteiger charge is 2.48. The lowest BCUT2D eigenvalue weighted by atomic mass is 9.65. The predicted octanol–water partition coefficient (Wildman–Crippen LogP) is 6.70. The van der Waals surface area contributed by atoms with Crippen LogP contribution in [0.3, 0.4) is 0 Å². The SMILES string of the molecule is CCCCCCC(C)(C)c1cc(O)c2c(c1)OC(C)(C)[C@@H]1CC=C(C(=O)C(c3ccc(O)cc3)[C@@H](N)C(=O)O)C[C@@H]21. The molecule has 2 aromatic rings. The van der Waals surface area contributed by atoms with E-state index in [1.54, 1.807) is 0 Å². The summed E-state index contributed by atoms with van der Waals surface area (Å²) < 4.78 is 6.55. The third-order valence-electron chi connectivity index (χ3n) is 9.23. The number of hydrogen-bond acceptors (Lipinski definition) is 6. The van der Waals surface area contributed by atoms with Crippen LogP contribution in [0.2, 0.25) is 0 Å². The maximum absolute atomic E-state index is 13.9. The molecule has 2 aliphatic rings. The van der Waals surface area contributed by atoms with E-state index in [2.05, 4.69) is 26.8 Å². The molecule has 4 atom stereocenters. The summed E-state index contributed by atoms with van der Waals surface area (Å²) in [6.45, 7) is 10.7. The van der Waals surface area contributed by atoms with Crippen LogP contribution in [-0.2, 0) is 15.0 Å². The van der Waals surface area contributed by atoms with Crippen molar-refractivity contribution in [2.45, 2.75) is 108 Å². The number of allylic oxidation sites excluding steroid dienone is 2. The Balaban J connectivity index is 1.68. The van der Waals surface area contributed by atoms with Gasteiger partial charge in [-0.1, -0.05) is 64.7 Å². The zero-order valence-corrected chi connectivity index (χ0v) is 24.9. The van der Waals surface area contributed by atoms with Crippen molar-refractivity contribution < 1.29 is 29.6 Å². The predicted molar refractivity (Wildman–Crippen MR) is 160 cm³/mol. The van der Waals surface area contributed by atoms with Gasteiger partial charge >= 0.3 is 5.97 Å². The Morgan fingerprint density at radius 1 is 1.10 bits per heavy atom. The molecule has 0 radical (unpaired) electrons. The molecule has 1 aliphatic heterocycles. The number of hydrogen-bond donors (Lipinski definition) is 4. The largest absolute Gasteiger partial charge is 0.508 e. The molecule has 0 saturated heterocycles. The summed E-state index contributed by atoms with van der Waals surface area (Å²) in [6.07, 6.45) is 8.48. The molecular weight excluding hydrogens is 518 g/mol. The van der Waals surface area contributed by atoms with Crippen LogP contribution in [0.5, 0.6) is 17.2 Å². The quantitative estimate of drug-likeness (QED) is 0.224. The Morgan fingerprint density at radius 3 is 2.41 bits per heavy atom. The van der Waals surface area contributed by atoms with Crippen LogP contribution >= 0.6 is 0 Å². The van der Waals surface area contributed by atoms with E-state index in [4.69, 9.17) is 10.5 Å². The minimum absolute atomic E-state index is 0.0172. The molecule has 7 nitrogen and oxygen atoms in total. The minimum atomic E-state index is -1.44. The van der Waals surface area contributed by atoms with Gasteiger partial charge in [0.2, 0.25) is 0 Å². The topological polar surface area (TPSA) is 130 Å². The second kappa shape index (κ2) is 11.9. The lowest BCUT2D eigenvalue weighted by molar-refractivity contribution is -0.140. The molecule has 0 saturated carbocycles. The van der Waals surface area contributed by atoms with E-state index >= 15 is 0 Å². The number of phenolic OH excluding ortho intramolecular Hbond substituents is 2. The van der Waals surface area contributed by atoms with Gasteiger partial charge in [-0.3, -0.25) is 9.59 Å². The number of fused-ring (bicyclic) bond motifs is 3. The van der Waals surface area contributed by atoms with E-state index in [-0.39, 0.29) is 34.5 Å². The minimum Gasteiger partial charge on any atom is -0.508 e. The smallest absolute Gasteiger partial charge is 0.321 e. The number of carboxylic acid groups (broad SMARTS) is 1. The number of benzene rings is 2. The third kappa shape index (κ3) is 6.30. The van der Waals surface area contributed by atoms with E-state index < -0.39 is 23.5 Å². The number of nitrogens with two attached hydrogens (primary N) is 1. The van der Waals surface area contributed by atoms with Crippen molar-refractivity contribution in [3.63, 3.8) is 0 Å². The number of ketones is 1. The van der Waals surface area contributed by atoms with Gasteiger partial charge in [-0.25, -0.2) is 0 Å². The van der Waals surface area contributed by atoms with Crippen LogP contribution in [0, 0.1) is 5.92 Å². The highest BCUT2D eigenvalue weighted by molar-refractivity contribution is 6.03. The molecule has 7 heteroatoms. The fourth-order valence-electron chi connectivity index (χ4n) is 6.67. The Morgan fingerprint density at radius 2 is 1.78 bits per heavy atom. The van der Waals surface area contributed by atoms with Gasteiger partial charge in [-0.15, -0.1) is 0 Å². The Hall–Kier alpha value is -3.32. The van der Waals surface area contributed by atoms with Gasteiger partial charge in [0.25, 0.3) is 0 Å². The summed E-state index contributed by atoms with van der Waals surface area (Å²) in [5, 5.41) is 30.9. The van der Waals surface area contributed by atoms with E-state index in [1.165, 1.54) is 43.5 Å². The molecule has 1 aliphatic carbocycles. The summed E-state index contributed by atoms with van der Waals surface area (Å²) in [7, 11) is 0. The molecule has 2 aromatic carbocycles. The Labute approximate surface area is 243 Å². The summed E-state index contributed by atoms with van der Waals surface area (Å²) in [6, 6.07) is 8.40. The van der Waals surface area contributed by atoms with E-state index in [9.17, 15) is 24.9 Å². The Bertz CT molecular complexity index is 1310. The van der Waals surface area contributed by atoms with Crippen molar-refractivity contribution in [1.82, 2.24) is 0 Å². The van der Waals surface area contributed by atoms with Gasteiger partial charge in [0.05, 0.1) is 5.92 Å². The van der Waals surface area contributed by atoms with Crippen LogP contribution in [-0.4, -0.2) is 38.7 Å². The van der Waals surface area contributed by atoms with Crippen LogP contribution in [0.4, 0.5) is 0 Å². The molecule has 0 spiro atoms. The zero-order valence-electron chi connectivity index (χ0n) is 24.9. The van der Waals surface area contributed by atoms with E-state index in [0.717, 1.165) is 18.4 Å². The fourth-order valence-corrected chi connectivity index (χ4v) is 6.67. The maximum Gasteiger partial charge on any atom is 0.321 e. The van der Waals surface area contributed by atoms with Crippen LogP contribution < -0.4 is 10.5 Å². The van der Waals surface area contributed by atoms with Crippen molar-refractivity contribution >= 4 is 11.8 Å². The second-order valence-corrected chi connectivity index (χ2v) is 13.0. The second-order valence-electron chi connectivity index (χ2n) is 13.0. The molecule has 222 valence electrons. The molecule has 41 heavy (non-hydrogen) atoms. The molecule has 1 heterocycles. The first-order valence-electron chi connectivity index (χ1n) is 14.8. The number of carbonyl (C=O) groups excluding carboxylic acids is 1. The zero-order chi connectivity index (χ0) is 30.1. The monoisotopic (exact) mass is 563 g/mol. The van der Waals surface area contributed by atoms with Crippen molar-refractivity contribution in [1.29, 1.82) is 0 Å². The van der Waals surface area contributed by atoms with Crippen molar-refractivity contribution in [3.8, 4) is 17.2 Å². The number of phenols is 2. The molecule has 0 bridgehead atoms. The fraction of sp³-hybridized carbons (Fsp3) is 0.529. The van der Waals surface area contributed by atoms with Gasteiger partial charge in [0.1, 0.15) is 28.9 Å².